The van der Waals surface area contributed by atoms with E-state index >= 15 is 0 Å². The molecule has 1 rings (SSSR count). The molecule has 4 heteroatoms. The average molecular weight is 223 g/mol. The number of hydrogen-bond acceptors (Lipinski definition) is 3. The molecular weight excluding hydrogens is 209 g/mol. The quantitative estimate of drug-likeness (QED) is 0.470. The van der Waals surface area contributed by atoms with Crippen LogP contribution in [0.3, 0.4) is 0 Å². The second-order valence-electron chi connectivity index (χ2n) is 3.19. The highest BCUT2D eigenvalue weighted by molar-refractivity contribution is 5.86. The Morgan fingerprint density at radius 3 is 2.69 bits per heavy atom. The van der Waals surface area contributed by atoms with Crippen molar-refractivity contribution in [3.05, 3.63) is 41.7 Å². The normalized spacial score (nSPS) is 10.6. The maximum Gasteiger partial charge on any atom is 0.330 e. The molecule has 0 saturated heterocycles. The highest BCUT2D eigenvalue weighted by Crippen LogP contribution is 2.04. The Kier molecular flexibility index (Phi) is 5.22. The molecule has 1 aromatic rings. The van der Waals surface area contributed by atoms with Gasteiger partial charge in [0.25, 0.3) is 0 Å². The van der Waals surface area contributed by atoms with Crippen LogP contribution in [-0.2, 0) is 9.53 Å². The second-order valence-corrected chi connectivity index (χ2v) is 3.19. The lowest BCUT2D eigenvalue weighted by Crippen LogP contribution is -2.07. The lowest BCUT2D eigenvalue weighted by Gasteiger charge is -1.99. The number of esters is 1. The molecule has 0 bridgehead atoms. The van der Waals surface area contributed by atoms with E-state index in [4.69, 9.17) is 10.5 Å². The van der Waals surface area contributed by atoms with Crippen molar-refractivity contribution >= 4 is 12.0 Å². The van der Waals surface area contributed by atoms with Crippen molar-refractivity contribution < 1.29 is 13.9 Å². The van der Waals surface area contributed by atoms with Crippen molar-refractivity contribution in [3.63, 3.8) is 0 Å². The predicted molar refractivity (Wildman–Crippen MR) is 60.1 cm³/mol. The zero-order valence-electron chi connectivity index (χ0n) is 8.86. The van der Waals surface area contributed by atoms with Gasteiger partial charge in [-0.05, 0) is 36.7 Å². The lowest BCUT2D eigenvalue weighted by molar-refractivity contribution is -0.137. The molecule has 0 heterocycles. The van der Waals surface area contributed by atoms with Gasteiger partial charge in [-0.25, -0.2) is 9.18 Å². The Bertz CT molecular complexity index is 360. The van der Waals surface area contributed by atoms with Gasteiger partial charge in [-0.1, -0.05) is 12.1 Å². The molecular formula is C12H14FNO2. The molecule has 0 spiro atoms. The van der Waals surface area contributed by atoms with Gasteiger partial charge in [0.15, 0.2) is 0 Å². The minimum Gasteiger partial charge on any atom is -0.462 e. The number of hydrogen-bond donors (Lipinski definition) is 1. The Hall–Kier alpha value is -1.68. The summed E-state index contributed by atoms with van der Waals surface area (Å²) >= 11 is 0. The highest BCUT2D eigenvalue weighted by Gasteiger charge is 1.96. The van der Waals surface area contributed by atoms with Crippen LogP contribution in [-0.4, -0.2) is 19.1 Å². The highest BCUT2D eigenvalue weighted by atomic mass is 19.1. The van der Waals surface area contributed by atoms with Gasteiger partial charge < -0.3 is 10.5 Å². The minimum absolute atomic E-state index is 0.303. The van der Waals surface area contributed by atoms with Gasteiger partial charge in [0, 0.05) is 6.08 Å². The summed E-state index contributed by atoms with van der Waals surface area (Å²) in [4.78, 5) is 11.1. The predicted octanol–water partition coefficient (Wildman–Crippen LogP) is 1.73. The smallest absolute Gasteiger partial charge is 0.330 e. The zero-order valence-corrected chi connectivity index (χ0v) is 8.86. The Morgan fingerprint density at radius 2 is 2.06 bits per heavy atom. The van der Waals surface area contributed by atoms with Crippen molar-refractivity contribution in [2.75, 3.05) is 13.2 Å². The van der Waals surface area contributed by atoms with Crippen molar-refractivity contribution in [1.82, 2.24) is 0 Å². The van der Waals surface area contributed by atoms with Crippen LogP contribution < -0.4 is 5.73 Å². The molecule has 0 aliphatic rings. The maximum atomic E-state index is 12.6. The molecule has 0 aliphatic carbocycles. The van der Waals surface area contributed by atoms with Crippen molar-refractivity contribution in [3.8, 4) is 0 Å². The van der Waals surface area contributed by atoms with Gasteiger partial charge in [-0.3, -0.25) is 0 Å². The maximum absolute atomic E-state index is 12.6. The van der Waals surface area contributed by atoms with E-state index in [0.29, 0.717) is 19.6 Å². The first-order valence-electron chi connectivity index (χ1n) is 5.03. The van der Waals surface area contributed by atoms with Crippen LogP contribution in [0.15, 0.2) is 30.3 Å². The average Bonchev–Trinajstić information content (AvgIpc) is 2.29. The Balaban J connectivity index is 2.41. The van der Waals surface area contributed by atoms with Crippen LogP contribution in [0, 0.1) is 5.82 Å². The van der Waals surface area contributed by atoms with Gasteiger partial charge in [-0.15, -0.1) is 0 Å². The van der Waals surface area contributed by atoms with Gasteiger partial charge in [0.1, 0.15) is 5.82 Å². The summed E-state index contributed by atoms with van der Waals surface area (Å²) in [5.74, 6) is -0.722. The number of rotatable bonds is 5. The van der Waals surface area contributed by atoms with Crippen molar-refractivity contribution in [1.29, 1.82) is 0 Å². The number of halogens is 1. The summed E-state index contributed by atoms with van der Waals surface area (Å²) in [6.45, 7) is 0.818. The summed E-state index contributed by atoms with van der Waals surface area (Å²) in [7, 11) is 0. The molecule has 3 nitrogen and oxygen atoms in total. The number of ether oxygens (including phenoxy) is 1. The molecule has 16 heavy (non-hydrogen) atoms. The SMILES string of the molecule is NCCCOC(=O)/C=C/c1ccc(F)cc1. The fourth-order valence-corrected chi connectivity index (χ4v) is 1.04. The zero-order chi connectivity index (χ0) is 11.8. The molecule has 0 aromatic heterocycles. The molecule has 86 valence electrons. The molecule has 0 atom stereocenters. The van der Waals surface area contributed by atoms with E-state index in [2.05, 4.69) is 0 Å². The fraction of sp³-hybridized carbons (Fsp3) is 0.250. The van der Waals surface area contributed by atoms with Gasteiger partial charge >= 0.3 is 5.97 Å². The van der Waals surface area contributed by atoms with Crippen molar-refractivity contribution in [2.45, 2.75) is 6.42 Å². The number of nitrogens with two attached hydrogens (primary N) is 1. The minimum atomic E-state index is -0.419. The molecule has 0 unspecified atom stereocenters. The molecule has 0 amide bonds. The third-order valence-corrected chi connectivity index (χ3v) is 1.87. The third kappa shape index (κ3) is 4.70. The first-order valence-corrected chi connectivity index (χ1v) is 5.03. The summed E-state index contributed by atoms with van der Waals surface area (Å²) in [5, 5.41) is 0. The third-order valence-electron chi connectivity index (χ3n) is 1.87. The first kappa shape index (κ1) is 12.4. The molecule has 0 fully saturated rings. The lowest BCUT2D eigenvalue weighted by atomic mass is 10.2. The molecule has 1 aromatic carbocycles. The van der Waals surface area contributed by atoms with E-state index < -0.39 is 5.97 Å². The molecule has 2 N–H and O–H groups in total. The Morgan fingerprint density at radius 1 is 1.38 bits per heavy atom. The number of benzene rings is 1. The van der Waals surface area contributed by atoms with E-state index in [1.54, 1.807) is 18.2 Å². The molecule has 0 saturated carbocycles. The van der Waals surface area contributed by atoms with E-state index in [1.807, 2.05) is 0 Å². The fourth-order valence-electron chi connectivity index (χ4n) is 1.04. The first-order chi connectivity index (χ1) is 7.72. The van der Waals surface area contributed by atoms with Gasteiger partial charge in [-0.2, -0.15) is 0 Å². The molecule has 0 aliphatic heterocycles. The summed E-state index contributed by atoms with van der Waals surface area (Å²) in [5.41, 5.74) is 6.00. The monoisotopic (exact) mass is 223 g/mol. The van der Waals surface area contributed by atoms with Gasteiger partial charge in [0.05, 0.1) is 6.61 Å². The van der Waals surface area contributed by atoms with Crippen LogP contribution in [0.4, 0.5) is 4.39 Å². The van der Waals surface area contributed by atoms with Crippen LogP contribution in [0.2, 0.25) is 0 Å². The number of carbonyl (C=O) groups excluding carboxylic acids is 1. The summed E-state index contributed by atoms with van der Waals surface area (Å²) in [6.07, 6.45) is 3.53. The molecule has 0 radical (unpaired) electrons. The van der Waals surface area contributed by atoms with Crippen LogP contribution in [0.5, 0.6) is 0 Å². The number of carbonyl (C=O) groups is 1. The van der Waals surface area contributed by atoms with Crippen LogP contribution in [0.1, 0.15) is 12.0 Å². The standard InChI is InChI=1S/C12H14FNO2/c13-11-5-2-10(3-6-11)4-7-12(15)16-9-1-8-14/h2-7H,1,8-9,14H2/b7-4+. The summed E-state index contributed by atoms with van der Waals surface area (Å²) < 4.78 is 17.4. The largest absolute Gasteiger partial charge is 0.462 e. The van der Waals surface area contributed by atoms with Crippen molar-refractivity contribution in [2.24, 2.45) is 5.73 Å². The second kappa shape index (κ2) is 6.74. The van der Waals surface area contributed by atoms with E-state index in [-0.39, 0.29) is 5.82 Å². The van der Waals surface area contributed by atoms with E-state index in [0.717, 1.165) is 5.56 Å². The topological polar surface area (TPSA) is 52.3 Å². The Labute approximate surface area is 93.7 Å². The van der Waals surface area contributed by atoms with E-state index in [1.165, 1.54) is 18.2 Å². The van der Waals surface area contributed by atoms with Crippen LogP contribution >= 0.6 is 0 Å². The van der Waals surface area contributed by atoms with Crippen LogP contribution in [0.25, 0.3) is 6.08 Å². The van der Waals surface area contributed by atoms with Gasteiger partial charge in [0.2, 0.25) is 0 Å². The summed E-state index contributed by atoms with van der Waals surface area (Å²) in [6, 6.07) is 5.83. The van der Waals surface area contributed by atoms with E-state index in [9.17, 15) is 9.18 Å².